The largest absolute Gasteiger partial charge is 0.497 e. The average Bonchev–Trinajstić information content (AvgIpc) is 2.74. The summed E-state index contributed by atoms with van der Waals surface area (Å²) in [6, 6.07) is 9.04. The van der Waals surface area contributed by atoms with Crippen LogP contribution in [-0.2, 0) is 19.4 Å². The molecule has 0 saturated carbocycles. The van der Waals surface area contributed by atoms with Gasteiger partial charge < -0.3 is 15.4 Å². The Morgan fingerprint density at radius 1 is 1.14 bits per heavy atom. The maximum absolute atomic E-state index is 13.2. The maximum Gasteiger partial charge on any atom is 0.309 e. The van der Waals surface area contributed by atoms with Gasteiger partial charge in [-0.25, -0.2) is 8.42 Å². The van der Waals surface area contributed by atoms with Crippen molar-refractivity contribution in [3.05, 3.63) is 54.4 Å². The van der Waals surface area contributed by atoms with Crippen LogP contribution in [-0.4, -0.2) is 44.9 Å². The monoisotopic (exact) mass is 419 g/mol. The zero-order valence-corrected chi connectivity index (χ0v) is 17.4. The molecule has 2 N–H and O–H groups in total. The van der Waals surface area contributed by atoms with Crippen molar-refractivity contribution in [2.45, 2.75) is 36.5 Å². The minimum absolute atomic E-state index is 0.0745. The molecule has 0 bridgehead atoms. The van der Waals surface area contributed by atoms with Crippen molar-refractivity contribution in [1.29, 1.82) is 0 Å². The van der Waals surface area contributed by atoms with Crippen molar-refractivity contribution in [1.82, 2.24) is 15.6 Å². The highest BCUT2D eigenvalue weighted by atomic mass is 32.2. The third-order valence-corrected chi connectivity index (χ3v) is 6.58. The molecule has 0 spiro atoms. The summed E-state index contributed by atoms with van der Waals surface area (Å²) in [5.74, 6) is -1.16. The molecule has 29 heavy (non-hydrogen) atoms. The van der Waals surface area contributed by atoms with Crippen molar-refractivity contribution in [3.8, 4) is 5.75 Å². The summed E-state index contributed by atoms with van der Waals surface area (Å²) in [7, 11) is -2.38. The summed E-state index contributed by atoms with van der Waals surface area (Å²) < 4.78 is 31.5. The molecule has 0 unspecified atom stereocenters. The Morgan fingerprint density at radius 2 is 1.83 bits per heavy atom. The van der Waals surface area contributed by atoms with E-state index in [2.05, 4.69) is 15.6 Å². The molecule has 8 nitrogen and oxygen atoms in total. The van der Waals surface area contributed by atoms with Gasteiger partial charge in [-0.2, -0.15) is 0 Å². The van der Waals surface area contributed by atoms with Gasteiger partial charge >= 0.3 is 11.8 Å². The number of nitrogens with zero attached hydrogens (tertiary/aromatic N) is 1. The van der Waals surface area contributed by atoms with Crippen molar-refractivity contribution >= 4 is 21.7 Å². The van der Waals surface area contributed by atoms with E-state index in [1.165, 1.54) is 31.6 Å². The summed E-state index contributed by atoms with van der Waals surface area (Å²) in [6.07, 6.45) is 3.62. The maximum atomic E-state index is 13.2. The average molecular weight is 420 g/mol. The fraction of sp³-hybridized carbons (Fsp3) is 0.350. The van der Waals surface area contributed by atoms with Gasteiger partial charge in [0.1, 0.15) is 11.0 Å². The Bertz CT molecular complexity index is 930. The number of nitrogens with one attached hydrogen (secondary N) is 2. The number of benzene rings is 1. The van der Waals surface area contributed by atoms with Crippen LogP contribution in [0, 0.1) is 0 Å². The van der Waals surface area contributed by atoms with E-state index in [0.717, 1.165) is 0 Å². The van der Waals surface area contributed by atoms with Crippen LogP contribution < -0.4 is 15.4 Å². The SMILES string of the molecule is CC[C@@H](C)NC(=O)C(=O)NC[C@H](c1cccnc1)S(=O)(=O)c1ccc(OC)cc1. The number of hydrogen-bond acceptors (Lipinski definition) is 6. The van der Waals surface area contributed by atoms with E-state index in [-0.39, 0.29) is 17.5 Å². The molecule has 0 radical (unpaired) electrons. The van der Waals surface area contributed by atoms with Crippen LogP contribution in [0.15, 0.2) is 53.7 Å². The number of rotatable bonds is 8. The van der Waals surface area contributed by atoms with E-state index in [1.807, 2.05) is 6.92 Å². The number of sulfone groups is 1. The van der Waals surface area contributed by atoms with E-state index in [9.17, 15) is 18.0 Å². The molecular formula is C20H25N3O5S. The first-order valence-corrected chi connectivity index (χ1v) is 10.7. The molecule has 0 fully saturated rings. The number of aromatic nitrogens is 1. The van der Waals surface area contributed by atoms with E-state index < -0.39 is 26.9 Å². The normalized spacial score (nSPS) is 13.2. The van der Waals surface area contributed by atoms with Crippen molar-refractivity contribution in [2.24, 2.45) is 0 Å². The molecule has 2 aromatic rings. The topological polar surface area (TPSA) is 114 Å². The first kappa shape index (κ1) is 22.4. The van der Waals surface area contributed by atoms with Gasteiger partial charge in [0.25, 0.3) is 0 Å². The zero-order valence-electron chi connectivity index (χ0n) is 16.6. The van der Waals surface area contributed by atoms with Crippen LogP contribution in [0.25, 0.3) is 0 Å². The lowest BCUT2D eigenvalue weighted by atomic mass is 10.2. The predicted molar refractivity (Wildman–Crippen MR) is 108 cm³/mol. The van der Waals surface area contributed by atoms with Crippen molar-refractivity contribution in [2.75, 3.05) is 13.7 Å². The lowest BCUT2D eigenvalue weighted by Crippen LogP contribution is -2.45. The molecule has 0 aliphatic carbocycles. The highest BCUT2D eigenvalue weighted by Crippen LogP contribution is 2.29. The van der Waals surface area contributed by atoms with Crippen LogP contribution >= 0.6 is 0 Å². The molecule has 1 aromatic carbocycles. The van der Waals surface area contributed by atoms with Crippen LogP contribution in [0.5, 0.6) is 5.75 Å². The van der Waals surface area contributed by atoms with Crippen LogP contribution in [0.3, 0.4) is 0 Å². The summed E-state index contributed by atoms with van der Waals surface area (Å²) >= 11 is 0. The summed E-state index contributed by atoms with van der Waals surface area (Å²) in [5.41, 5.74) is 0.408. The summed E-state index contributed by atoms with van der Waals surface area (Å²) in [6.45, 7) is 3.38. The third-order valence-electron chi connectivity index (χ3n) is 4.46. The Balaban J connectivity index is 2.26. The minimum Gasteiger partial charge on any atom is -0.497 e. The lowest BCUT2D eigenvalue weighted by molar-refractivity contribution is -0.139. The number of carbonyl (C=O) groups is 2. The van der Waals surface area contributed by atoms with E-state index >= 15 is 0 Å². The van der Waals surface area contributed by atoms with Crippen LogP contribution in [0.1, 0.15) is 31.1 Å². The van der Waals surface area contributed by atoms with Crippen LogP contribution in [0.4, 0.5) is 0 Å². The Kier molecular flexibility index (Phi) is 7.72. The van der Waals surface area contributed by atoms with Gasteiger partial charge in [0.2, 0.25) is 0 Å². The number of pyridine rings is 1. The molecule has 2 rings (SSSR count). The van der Waals surface area contributed by atoms with Gasteiger partial charge in [0.05, 0.1) is 12.0 Å². The molecule has 156 valence electrons. The number of carbonyl (C=O) groups excluding carboxylic acids is 2. The van der Waals surface area contributed by atoms with E-state index in [4.69, 9.17) is 4.74 Å². The van der Waals surface area contributed by atoms with E-state index in [0.29, 0.717) is 17.7 Å². The molecule has 0 saturated heterocycles. The lowest BCUT2D eigenvalue weighted by Gasteiger charge is -2.19. The van der Waals surface area contributed by atoms with E-state index in [1.54, 1.807) is 31.2 Å². The zero-order chi connectivity index (χ0) is 21.4. The summed E-state index contributed by atoms with van der Waals surface area (Å²) in [5, 5.41) is 3.87. The first-order chi connectivity index (χ1) is 13.8. The molecular weight excluding hydrogens is 394 g/mol. The first-order valence-electron chi connectivity index (χ1n) is 9.16. The summed E-state index contributed by atoms with van der Waals surface area (Å²) in [4.78, 5) is 28.1. The molecule has 0 aliphatic rings. The molecule has 1 heterocycles. The highest BCUT2D eigenvalue weighted by molar-refractivity contribution is 7.91. The second-order valence-electron chi connectivity index (χ2n) is 6.49. The van der Waals surface area contributed by atoms with Gasteiger partial charge in [0, 0.05) is 25.0 Å². The predicted octanol–water partition coefficient (Wildman–Crippen LogP) is 1.64. The second-order valence-corrected chi connectivity index (χ2v) is 8.62. The number of amides is 2. The van der Waals surface area contributed by atoms with Gasteiger partial charge in [-0.3, -0.25) is 14.6 Å². The van der Waals surface area contributed by atoms with Gasteiger partial charge in [-0.15, -0.1) is 0 Å². The second kappa shape index (κ2) is 10.0. The Hall–Kier alpha value is -2.94. The van der Waals surface area contributed by atoms with Gasteiger partial charge in [0.15, 0.2) is 9.84 Å². The number of methoxy groups -OCH3 is 1. The Morgan fingerprint density at radius 3 is 2.38 bits per heavy atom. The molecule has 2 atom stereocenters. The fourth-order valence-corrected chi connectivity index (χ4v) is 4.20. The molecule has 0 aliphatic heterocycles. The van der Waals surface area contributed by atoms with Gasteiger partial charge in [-0.05, 0) is 49.2 Å². The molecule has 1 aromatic heterocycles. The standard InChI is InChI=1S/C20H25N3O5S/c1-4-14(2)23-20(25)19(24)22-13-18(15-6-5-11-21-12-15)29(26,27)17-9-7-16(28-3)8-10-17/h5-12,14,18H,4,13H2,1-3H3,(H,22,24)(H,23,25)/t14-,18-/m1/s1. The van der Waals surface area contributed by atoms with Crippen molar-refractivity contribution in [3.63, 3.8) is 0 Å². The minimum atomic E-state index is -3.87. The molecule has 2 amide bonds. The molecule has 9 heteroatoms. The third kappa shape index (κ3) is 5.77. The van der Waals surface area contributed by atoms with Crippen LogP contribution in [0.2, 0.25) is 0 Å². The Labute approximate surface area is 170 Å². The van der Waals surface area contributed by atoms with Crippen molar-refractivity contribution < 1.29 is 22.7 Å². The number of hydrogen-bond donors (Lipinski definition) is 2. The quantitative estimate of drug-likeness (QED) is 0.629. The highest BCUT2D eigenvalue weighted by Gasteiger charge is 2.30. The number of ether oxygens (including phenoxy) is 1. The fourth-order valence-electron chi connectivity index (χ4n) is 2.56. The van der Waals surface area contributed by atoms with Gasteiger partial charge in [-0.1, -0.05) is 13.0 Å². The smallest absolute Gasteiger partial charge is 0.309 e.